The van der Waals surface area contributed by atoms with Gasteiger partial charge in [-0.25, -0.2) is 9.18 Å². The van der Waals surface area contributed by atoms with Gasteiger partial charge >= 0.3 is 6.09 Å². The van der Waals surface area contributed by atoms with E-state index in [1.165, 1.54) is 6.08 Å². The number of rotatable bonds is 5. The third-order valence-corrected chi connectivity index (χ3v) is 5.93. The standard InChI is InChI=1S/C22H25BrFNO2/c1-15(2)14-22(19-6-4-5-7-20(19)24)12-13-25(21(26)27-22)16(3)17-8-10-18(23)11-9-17/h4-11,16,19-20H,1,12-14H2,2-3H3/t16-,19?,20?,22?/m0/s1. The van der Waals surface area contributed by atoms with Gasteiger partial charge in [0.1, 0.15) is 11.8 Å². The maximum Gasteiger partial charge on any atom is 0.410 e. The number of allylic oxidation sites excluding steroid dienone is 3. The number of nitrogens with zero attached hydrogens (tertiary/aromatic N) is 1. The summed E-state index contributed by atoms with van der Waals surface area (Å²) in [6.07, 6.45) is 6.32. The number of carbonyl (C=O) groups is 1. The molecule has 1 fully saturated rings. The Morgan fingerprint density at radius 2 is 2.04 bits per heavy atom. The first-order chi connectivity index (χ1) is 12.8. The molecule has 0 N–H and O–H groups in total. The fourth-order valence-electron chi connectivity index (χ4n) is 3.99. The van der Waals surface area contributed by atoms with E-state index < -0.39 is 23.8 Å². The number of hydrogen-bond acceptors (Lipinski definition) is 2. The molecule has 144 valence electrons. The first-order valence-corrected chi connectivity index (χ1v) is 10.0. The molecule has 0 bridgehead atoms. The van der Waals surface area contributed by atoms with E-state index in [4.69, 9.17) is 4.74 Å². The minimum atomic E-state index is -1.17. The van der Waals surface area contributed by atoms with E-state index in [9.17, 15) is 9.18 Å². The van der Waals surface area contributed by atoms with E-state index in [1.54, 1.807) is 11.0 Å². The summed E-state index contributed by atoms with van der Waals surface area (Å²) in [6.45, 7) is 8.37. The second-order valence-electron chi connectivity index (χ2n) is 7.48. The maximum atomic E-state index is 14.6. The lowest BCUT2D eigenvalue weighted by Gasteiger charge is -2.47. The van der Waals surface area contributed by atoms with Gasteiger partial charge in [0.15, 0.2) is 0 Å². The molecule has 1 heterocycles. The first-order valence-electron chi connectivity index (χ1n) is 9.21. The molecule has 1 aliphatic carbocycles. The van der Waals surface area contributed by atoms with E-state index >= 15 is 0 Å². The van der Waals surface area contributed by atoms with Crippen LogP contribution in [0.15, 0.2) is 65.2 Å². The fraction of sp³-hybridized carbons (Fsp3) is 0.409. The fourth-order valence-corrected chi connectivity index (χ4v) is 4.26. The van der Waals surface area contributed by atoms with Crippen molar-refractivity contribution in [2.45, 2.75) is 44.5 Å². The molecular formula is C22H25BrFNO2. The Balaban J connectivity index is 1.82. The van der Waals surface area contributed by atoms with Crippen LogP contribution in [0, 0.1) is 5.92 Å². The van der Waals surface area contributed by atoms with Gasteiger partial charge in [-0.3, -0.25) is 0 Å². The Hall–Kier alpha value is -1.88. The summed E-state index contributed by atoms with van der Waals surface area (Å²) in [5, 5.41) is 0. The van der Waals surface area contributed by atoms with Crippen molar-refractivity contribution in [1.29, 1.82) is 0 Å². The molecule has 0 aromatic heterocycles. The molecular weight excluding hydrogens is 409 g/mol. The highest BCUT2D eigenvalue weighted by atomic mass is 79.9. The van der Waals surface area contributed by atoms with Gasteiger partial charge < -0.3 is 9.64 Å². The van der Waals surface area contributed by atoms with Gasteiger partial charge in [0.05, 0.1) is 12.0 Å². The van der Waals surface area contributed by atoms with Gasteiger partial charge in [0.25, 0.3) is 0 Å². The van der Waals surface area contributed by atoms with Gasteiger partial charge in [-0.05, 0) is 37.6 Å². The molecule has 0 saturated carbocycles. The highest BCUT2D eigenvalue weighted by molar-refractivity contribution is 9.10. The molecule has 1 saturated heterocycles. The summed E-state index contributed by atoms with van der Waals surface area (Å²) in [6, 6.07) is 7.78. The summed E-state index contributed by atoms with van der Waals surface area (Å²) in [5.74, 6) is -0.492. The predicted molar refractivity (Wildman–Crippen MR) is 109 cm³/mol. The highest BCUT2D eigenvalue weighted by Crippen LogP contribution is 2.42. The van der Waals surface area contributed by atoms with Gasteiger partial charge in [0, 0.05) is 23.9 Å². The lowest BCUT2D eigenvalue weighted by atomic mass is 9.75. The molecule has 1 amide bonds. The van der Waals surface area contributed by atoms with Crippen molar-refractivity contribution >= 4 is 22.0 Å². The van der Waals surface area contributed by atoms with Crippen molar-refractivity contribution in [3.63, 3.8) is 0 Å². The average molecular weight is 434 g/mol. The molecule has 3 nitrogen and oxygen atoms in total. The molecule has 1 aromatic rings. The lowest BCUT2D eigenvalue weighted by Crippen LogP contribution is -2.55. The third kappa shape index (κ3) is 4.18. The minimum absolute atomic E-state index is 0.114. The lowest BCUT2D eigenvalue weighted by molar-refractivity contribution is -0.0896. The quantitative estimate of drug-likeness (QED) is 0.522. The van der Waals surface area contributed by atoms with Crippen LogP contribution in [0.3, 0.4) is 0 Å². The number of ether oxygens (including phenoxy) is 1. The zero-order valence-corrected chi connectivity index (χ0v) is 17.3. The Morgan fingerprint density at radius 1 is 1.37 bits per heavy atom. The molecule has 3 rings (SSSR count). The van der Waals surface area contributed by atoms with E-state index in [0.717, 1.165) is 15.6 Å². The van der Waals surface area contributed by atoms with Crippen molar-refractivity contribution in [2.24, 2.45) is 5.92 Å². The molecule has 0 spiro atoms. The topological polar surface area (TPSA) is 29.5 Å². The van der Waals surface area contributed by atoms with E-state index in [-0.39, 0.29) is 6.04 Å². The van der Waals surface area contributed by atoms with Crippen LogP contribution < -0.4 is 0 Å². The van der Waals surface area contributed by atoms with Crippen LogP contribution in [0.25, 0.3) is 0 Å². The van der Waals surface area contributed by atoms with Gasteiger partial charge in [0.2, 0.25) is 0 Å². The van der Waals surface area contributed by atoms with Crippen LogP contribution in [0.2, 0.25) is 0 Å². The molecule has 0 radical (unpaired) electrons. The number of halogens is 2. The van der Waals surface area contributed by atoms with Crippen molar-refractivity contribution in [3.05, 3.63) is 70.8 Å². The maximum absolute atomic E-state index is 14.6. The summed E-state index contributed by atoms with van der Waals surface area (Å²) < 4.78 is 21.6. The summed E-state index contributed by atoms with van der Waals surface area (Å²) >= 11 is 3.43. The molecule has 1 aromatic carbocycles. The molecule has 27 heavy (non-hydrogen) atoms. The number of alkyl halides is 1. The molecule has 1 aliphatic heterocycles. The van der Waals surface area contributed by atoms with Crippen molar-refractivity contribution in [3.8, 4) is 0 Å². The van der Waals surface area contributed by atoms with Crippen LogP contribution in [-0.4, -0.2) is 29.3 Å². The number of amides is 1. The van der Waals surface area contributed by atoms with E-state index in [0.29, 0.717) is 19.4 Å². The summed E-state index contributed by atoms with van der Waals surface area (Å²) in [4.78, 5) is 14.6. The minimum Gasteiger partial charge on any atom is -0.442 e. The highest BCUT2D eigenvalue weighted by Gasteiger charge is 2.49. The van der Waals surface area contributed by atoms with Crippen LogP contribution >= 0.6 is 15.9 Å². The predicted octanol–water partition coefficient (Wildman–Crippen LogP) is 6.14. The number of cyclic esters (lactones) is 1. The van der Waals surface area contributed by atoms with Gasteiger partial charge in [-0.15, -0.1) is 0 Å². The van der Waals surface area contributed by atoms with E-state index in [1.807, 2.05) is 50.3 Å². The van der Waals surface area contributed by atoms with Crippen LogP contribution in [-0.2, 0) is 4.74 Å². The van der Waals surface area contributed by atoms with Gasteiger partial charge in [-0.2, -0.15) is 0 Å². The zero-order chi connectivity index (χ0) is 19.6. The number of benzene rings is 1. The summed E-state index contributed by atoms with van der Waals surface area (Å²) in [7, 11) is 0. The Bertz CT molecular complexity index is 773. The SMILES string of the molecule is C=C(C)CC1(C2C=CC=CC2F)CCN([C@@H](C)c2ccc(Br)cc2)C(=O)O1. The Morgan fingerprint density at radius 3 is 2.63 bits per heavy atom. The second-order valence-corrected chi connectivity index (χ2v) is 8.39. The molecule has 5 heteroatoms. The average Bonchev–Trinajstić information content (AvgIpc) is 2.61. The van der Waals surface area contributed by atoms with E-state index in [2.05, 4.69) is 22.5 Å². The number of carbonyl (C=O) groups excluding carboxylic acids is 1. The molecule has 3 unspecified atom stereocenters. The van der Waals surface area contributed by atoms with Crippen molar-refractivity contribution in [2.75, 3.05) is 6.54 Å². The van der Waals surface area contributed by atoms with Crippen LogP contribution in [0.5, 0.6) is 0 Å². The summed E-state index contributed by atoms with van der Waals surface area (Å²) in [5.41, 5.74) is 1.03. The van der Waals surface area contributed by atoms with Crippen molar-refractivity contribution in [1.82, 2.24) is 4.90 Å². The smallest absolute Gasteiger partial charge is 0.410 e. The normalized spacial score (nSPS) is 28.7. The number of hydrogen-bond donors (Lipinski definition) is 0. The third-order valence-electron chi connectivity index (χ3n) is 5.40. The zero-order valence-electron chi connectivity index (χ0n) is 15.7. The molecule has 2 aliphatic rings. The van der Waals surface area contributed by atoms with Crippen LogP contribution in [0.1, 0.15) is 38.3 Å². The van der Waals surface area contributed by atoms with Crippen molar-refractivity contribution < 1.29 is 13.9 Å². The van der Waals surface area contributed by atoms with Crippen LogP contribution in [0.4, 0.5) is 9.18 Å². The first kappa shape index (κ1) is 19.9. The molecule has 4 atom stereocenters. The second kappa shape index (κ2) is 8.01. The Kier molecular flexibility index (Phi) is 5.89. The Labute approximate surface area is 168 Å². The van der Waals surface area contributed by atoms with Gasteiger partial charge in [-0.1, -0.05) is 58.4 Å². The monoisotopic (exact) mass is 433 g/mol. The largest absolute Gasteiger partial charge is 0.442 e.